The molecule has 0 aliphatic carbocycles. The highest BCUT2D eigenvalue weighted by atomic mass is 35.5. The highest BCUT2D eigenvalue weighted by Crippen LogP contribution is 2.31. The Morgan fingerprint density at radius 2 is 2.16 bits per heavy atom. The normalized spacial score (nSPS) is 18.8. The first-order chi connectivity index (χ1) is 9.02. The van der Waals surface area contributed by atoms with E-state index < -0.39 is 5.92 Å². The lowest BCUT2D eigenvalue weighted by Crippen LogP contribution is -2.26. The van der Waals surface area contributed by atoms with Crippen LogP contribution in [-0.4, -0.2) is 25.0 Å². The molecule has 1 heterocycles. The van der Waals surface area contributed by atoms with Crippen LogP contribution >= 0.6 is 23.2 Å². The van der Waals surface area contributed by atoms with Gasteiger partial charge in [0.15, 0.2) is 0 Å². The minimum Gasteiger partial charge on any atom is -0.466 e. The average molecular weight is 302 g/mol. The number of hydrogen-bond donors (Lipinski definition) is 0. The summed E-state index contributed by atoms with van der Waals surface area (Å²) in [6.45, 7) is 2.37. The molecule has 0 unspecified atom stereocenters. The van der Waals surface area contributed by atoms with Crippen molar-refractivity contribution >= 4 is 40.8 Å². The molecule has 6 heteroatoms. The molecule has 1 fully saturated rings. The van der Waals surface area contributed by atoms with Crippen molar-refractivity contribution < 1.29 is 14.3 Å². The zero-order valence-corrected chi connectivity index (χ0v) is 11.9. The SMILES string of the molecule is CCOC(=O)[C@H]1CC(=O)N(c2ccc(Cl)c(Cl)c2)C1. The third-order valence-electron chi connectivity index (χ3n) is 2.96. The highest BCUT2D eigenvalue weighted by molar-refractivity contribution is 6.42. The second-order valence-electron chi connectivity index (χ2n) is 4.26. The Kier molecular flexibility index (Phi) is 4.32. The number of hydrogen-bond acceptors (Lipinski definition) is 3. The summed E-state index contributed by atoms with van der Waals surface area (Å²) in [7, 11) is 0. The van der Waals surface area contributed by atoms with E-state index in [1.54, 1.807) is 25.1 Å². The van der Waals surface area contributed by atoms with Crippen molar-refractivity contribution in [2.75, 3.05) is 18.1 Å². The average Bonchev–Trinajstić information content (AvgIpc) is 2.75. The van der Waals surface area contributed by atoms with Gasteiger partial charge in [0.1, 0.15) is 0 Å². The molecule has 2 rings (SSSR count). The summed E-state index contributed by atoms with van der Waals surface area (Å²) in [6, 6.07) is 4.96. The lowest BCUT2D eigenvalue weighted by molar-refractivity contribution is -0.147. The molecule has 0 aromatic heterocycles. The summed E-state index contributed by atoms with van der Waals surface area (Å²) < 4.78 is 4.94. The number of rotatable bonds is 3. The summed E-state index contributed by atoms with van der Waals surface area (Å²) in [5.41, 5.74) is 0.645. The van der Waals surface area contributed by atoms with E-state index in [0.29, 0.717) is 28.9 Å². The lowest BCUT2D eigenvalue weighted by atomic mass is 10.1. The van der Waals surface area contributed by atoms with E-state index in [-0.39, 0.29) is 18.3 Å². The maximum atomic E-state index is 11.9. The van der Waals surface area contributed by atoms with Crippen LogP contribution in [0, 0.1) is 5.92 Å². The largest absolute Gasteiger partial charge is 0.466 e. The fraction of sp³-hybridized carbons (Fsp3) is 0.385. The molecule has 1 aliphatic heterocycles. The summed E-state index contributed by atoms with van der Waals surface area (Å²) in [4.78, 5) is 25.1. The minimum atomic E-state index is -0.415. The Bertz CT molecular complexity index is 519. The van der Waals surface area contributed by atoms with Crippen LogP contribution in [0.2, 0.25) is 10.0 Å². The van der Waals surface area contributed by atoms with E-state index in [1.807, 2.05) is 0 Å². The Hall–Kier alpha value is -1.26. The molecule has 1 amide bonds. The summed E-state index contributed by atoms with van der Waals surface area (Å²) in [5.74, 6) is -0.864. The fourth-order valence-electron chi connectivity index (χ4n) is 2.03. The number of carbonyl (C=O) groups excluding carboxylic acids is 2. The number of halogens is 2. The van der Waals surface area contributed by atoms with Gasteiger partial charge in [0, 0.05) is 18.7 Å². The van der Waals surface area contributed by atoms with Crippen LogP contribution in [0.1, 0.15) is 13.3 Å². The van der Waals surface area contributed by atoms with E-state index in [1.165, 1.54) is 4.90 Å². The van der Waals surface area contributed by atoms with Crippen molar-refractivity contribution in [3.8, 4) is 0 Å². The van der Waals surface area contributed by atoms with Crippen LogP contribution in [-0.2, 0) is 14.3 Å². The smallest absolute Gasteiger partial charge is 0.311 e. The molecule has 0 saturated carbocycles. The van der Waals surface area contributed by atoms with Crippen molar-refractivity contribution in [2.24, 2.45) is 5.92 Å². The first kappa shape index (κ1) is 14.2. The number of carbonyl (C=O) groups is 2. The molecule has 0 radical (unpaired) electrons. The molecule has 1 aromatic carbocycles. The van der Waals surface area contributed by atoms with Crippen molar-refractivity contribution in [1.29, 1.82) is 0 Å². The van der Waals surface area contributed by atoms with Gasteiger partial charge in [0.2, 0.25) is 5.91 Å². The maximum Gasteiger partial charge on any atom is 0.311 e. The maximum absolute atomic E-state index is 11.9. The van der Waals surface area contributed by atoms with Crippen LogP contribution in [0.3, 0.4) is 0 Å². The molecule has 0 N–H and O–H groups in total. The second-order valence-corrected chi connectivity index (χ2v) is 5.07. The lowest BCUT2D eigenvalue weighted by Gasteiger charge is -2.17. The Balaban J connectivity index is 2.15. The Labute approximate surface area is 121 Å². The van der Waals surface area contributed by atoms with Crippen LogP contribution in [0.5, 0.6) is 0 Å². The van der Waals surface area contributed by atoms with Crippen molar-refractivity contribution in [2.45, 2.75) is 13.3 Å². The molecule has 1 saturated heterocycles. The number of anilines is 1. The van der Waals surface area contributed by atoms with Crippen LogP contribution in [0.15, 0.2) is 18.2 Å². The van der Waals surface area contributed by atoms with Gasteiger partial charge < -0.3 is 9.64 Å². The zero-order valence-electron chi connectivity index (χ0n) is 10.4. The number of ether oxygens (including phenoxy) is 1. The van der Waals surface area contributed by atoms with Gasteiger partial charge in [-0.1, -0.05) is 23.2 Å². The van der Waals surface area contributed by atoms with Crippen molar-refractivity contribution in [3.63, 3.8) is 0 Å². The van der Waals surface area contributed by atoms with E-state index in [9.17, 15) is 9.59 Å². The molecule has 1 aromatic rings. The van der Waals surface area contributed by atoms with Crippen molar-refractivity contribution in [1.82, 2.24) is 0 Å². The van der Waals surface area contributed by atoms with Gasteiger partial charge in [-0.2, -0.15) is 0 Å². The molecule has 1 atom stereocenters. The third-order valence-corrected chi connectivity index (χ3v) is 3.70. The van der Waals surface area contributed by atoms with Crippen LogP contribution in [0.25, 0.3) is 0 Å². The molecule has 102 valence electrons. The molecule has 0 bridgehead atoms. The van der Waals surface area contributed by atoms with Gasteiger partial charge in [0.05, 0.1) is 22.6 Å². The predicted octanol–water partition coefficient (Wildman–Crippen LogP) is 2.91. The zero-order chi connectivity index (χ0) is 14.0. The van der Waals surface area contributed by atoms with E-state index in [0.717, 1.165) is 0 Å². The molecule has 1 aliphatic rings. The first-order valence-electron chi connectivity index (χ1n) is 5.95. The predicted molar refractivity (Wildman–Crippen MR) is 73.6 cm³/mol. The van der Waals surface area contributed by atoms with Gasteiger partial charge in [0.25, 0.3) is 0 Å². The second kappa shape index (κ2) is 5.80. The summed E-state index contributed by atoms with van der Waals surface area (Å²) in [6.07, 6.45) is 0.166. The summed E-state index contributed by atoms with van der Waals surface area (Å²) >= 11 is 11.8. The Morgan fingerprint density at radius 3 is 2.79 bits per heavy atom. The van der Waals surface area contributed by atoms with E-state index in [2.05, 4.69) is 0 Å². The number of amides is 1. The van der Waals surface area contributed by atoms with Gasteiger partial charge in [-0.3, -0.25) is 9.59 Å². The van der Waals surface area contributed by atoms with Gasteiger partial charge in [-0.15, -0.1) is 0 Å². The van der Waals surface area contributed by atoms with Crippen LogP contribution < -0.4 is 4.90 Å². The molecule has 19 heavy (non-hydrogen) atoms. The highest BCUT2D eigenvalue weighted by Gasteiger charge is 2.36. The molecule has 4 nitrogen and oxygen atoms in total. The summed E-state index contributed by atoms with van der Waals surface area (Å²) in [5, 5.41) is 0.811. The monoisotopic (exact) mass is 301 g/mol. The van der Waals surface area contributed by atoms with Gasteiger partial charge in [-0.25, -0.2) is 0 Å². The van der Waals surface area contributed by atoms with Crippen LogP contribution in [0.4, 0.5) is 5.69 Å². The number of nitrogens with zero attached hydrogens (tertiary/aromatic N) is 1. The van der Waals surface area contributed by atoms with E-state index in [4.69, 9.17) is 27.9 Å². The molecule has 0 spiro atoms. The van der Waals surface area contributed by atoms with Crippen molar-refractivity contribution in [3.05, 3.63) is 28.2 Å². The quantitative estimate of drug-likeness (QED) is 0.807. The number of benzene rings is 1. The van der Waals surface area contributed by atoms with Gasteiger partial charge >= 0.3 is 5.97 Å². The van der Waals surface area contributed by atoms with E-state index >= 15 is 0 Å². The Morgan fingerprint density at radius 1 is 1.42 bits per heavy atom. The molecular formula is C13H13Cl2NO3. The molecular weight excluding hydrogens is 289 g/mol. The number of esters is 1. The van der Waals surface area contributed by atoms with Gasteiger partial charge in [-0.05, 0) is 25.1 Å². The fourth-order valence-corrected chi connectivity index (χ4v) is 2.32. The third kappa shape index (κ3) is 3.01. The minimum absolute atomic E-state index is 0.114. The standard InChI is InChI=1S/C13H13Cl2NO3/c1-2-19-13(18)8-5-12(17)16(7-8)9-3-4-10(14)11(15)6-9/h3-4,6,8H,2,5,7H2,1H3/t8-/m0/s1. The first-order valence-corrected chi connectivity index (χ1v) is 6.70. The topological polar surface area (TPSA) is 46.6 Å².